The molecular weight excluding hydrogens is 424 g/mol. The fourth-order valence-electron chi connectivity index (χ4n) is 3.13. The molecule has 176 valence electrons. The molecule has 1 aromatic heterocycles. The van der Waals surface area contributed by atoms with Gasteiger partial charge in [0.1, 0.15) is 28.7 Å². The quantitative estimate of drug-likeness (QED) is 0.457. The number of amides is 1. The van der Waals surface area contributed by atoms with Crippen LogP contribution in [0.2, 0.25) is 0 Å². The van der Waals surface area contributed by atoms with Crippen molar-refractivity contribution in [2.75, 3.05) is 38.6 Å². The molecule has 0 fully saturated rings. The minimum Gasteiger partial charge on any atom is -0.496 e. The van der Waals surface area contributed by atoms with Gasteiger partial charge in [-0.2, -0.15) is 0 Å². The number of hydrogen-bond acceptors (Lipinski definition) is 7. The maximum Gasteiger partial charge on any atom is 0.291 e. The lowest BCUT2D eigenvalue weighted by molar-refractivity contribution is 0.0991. The molecule has 33 heavy (non-hydrogen) atoms. The van der Waals surface area contributed by atoms with Gasteiger partial charge in [0.25, 0.3) is 11.9 Å². The molecule has 8 nitrogen and oxygen atoms in total. The van der Waals surface area contributed by atoms with Crippen LogP contribution < -0.4 is 29.2 Å². The monoisotopic (exact) mass is 454 g/mol. The molecule has 0 unspecified atom stereocenters. The average Bonchev–Trinajstić information content (AvgIpc) is 3.28. The van der Waals surface area contributed by atoms with Crippen molar-refractivity contribution >= 4 is 17.3 Å². The smallest absolute Gasteiger partial charge is 0.291 e. The van der Waals surface area contributed by atoms with E-state index in [1.165, 1.54) is 21.3 Å². The van der Waals surface area contributed by atoms with Crippen LogP contribution in [0, 0.1) is 6.92 Å². The third-order valence-electron chi connectivity index (χ3n) is 5.32. The second kappa shape index (κ2) is 10.2. The van der Waals surface area contributed by atoms with Crippen molar-refractivity contribution in [1.29, 1.82) is 0 Å². The van der Waals surface area contributed by atoms with E-state index in [0.29, 0.717) is 34.7 Å². The summed E-state index contributed by atoms with van der Waals surface area (Å²) in [7, 11) is 6.55. The summed E-state index contributed by atoms with van der Waals surface area (Å²) in [6.45, 7) is 6.18. The fraction of sp³-hybridized carbons (Fsp3) is 0.320. The van der Waals surface area contributed by atoms with Gasteiger partial charge in [-0.05, 0) is 38.5 Å². The molecule has 8 heteroatoms. The summed E-state index contributed by atoms with van der Waals surface area (Å²) in [5.74, 6) is 1.79. The third kappa shape index (κ3) is 5.34. The number of benzene rings is 2. The number of ether oxygens (including phenoxy) is 4. The number of aryl methyl sites for hydroxylation is 1. The molecule has 0 spiro atoms. The number of nitrogens with zero attached hydrogens (tertiary/aromatic N) is 1. The van der Waals surface area contributed by atoms with Gasteiger partial charge in [-0.1, -0.05) is 6.07 Å². The molecule has 0 saturated heterocycles. The van der Waals surface area contributed by atoms with Gasteiger partial charge in [0.05, 0.1) is 21.3 Å². The van der Waals surface area contributed by atoms with Crippen molar-refractivity contribution in [3.05, 3.63) is 53.8 Å². The zero-order valence-corrected chi connectivity index (χ0v) is 20.0. The van der Waals surface area contributed by atoms with Crippen LogP contribution in [-0.4, -0.2) is 40.3 Å². The molecule has 0 radical (unpaired) electrons. The highest BCUT2D eigenvalue weighted by molar-refractivity contribution is 6.04. The van der Waals surface area contributed by atoms with Crippen molar-refractivity contribution in [2.24, 2.45) is 0 Å². The number of furan rings is 1. The third-order valence-corrected chi connectivity index (χ3v) is 5.32. The SMILES string of the molecule is COc1cc(OC)c(NC(=O)c2ccc(Oc3cc(N(C)C(C)C)ccc3C)o2)c(OC)c1. The Balaban J connectivity index is 1.80. The minimum absolute atomic E-state index is 0.0815. The molecule has 0 aliphatic heterocycles. The van der Waals surface area contributed by atoms with Crippen molar-refractivity contribution in [1.82, 2.24) is 0 Å². The number of hydrogen-bond donors (Lipinski definition) is 1. The van der Waals surface area contributed by atoms with Crippen LogP contribution in [0.4, 0.5) is 11.4 Å². The van der Waals surface area contributed by atoms with Gasteiger partial charge in [0.15, 0.2) is 5.76 Å². The van der Waals surface area contributed by atoms with E-state index >= 15 is 0 Å². The van der Waals surface area contributed by atoms with E-state index in [1.807, 2.05) is 32.2 Å². The molecular formula is C25H30N2O6. The zero-order valence-electron chi connectivity index (χ0n) is 20.0. The van der Waals surface area contributed by atoms with Gasteiger partial charge in [-0.25, -0.2) is 0 Å². The van der Waals surface area contributed by atoms with Crippen molar-refractivity contribution in [2.45, 2.75) is 26.8 Å². The Morgan fingerprint density at radius 3 is 2.18 bits per heavy atom. The Labute approximate surface area is 194 Å². The van der Waals surface area contributed by atoms with Crippen LogP contribution in [-0.2, 0) is 0 Å². The predicted molar refractivity (Wildman–Crippen MR) is 128 cm³/mol. The molecule has 0 aliphatic rings. The fourth-order valence-corrected chi connectivity index (χ4v) is 3.13. The largest absolute Gasteiger partial charge is 0.496 e. The molecule has 1 N–H and O–H groups in total. The summed E-state index contributed by atoms with van der Waals surface area (Å²) in [6.07, 6.45) is 0. The first-order valence-electron chi connectivity index (χ1n) is 10.5. The summed E-state index contributed by atoms with van der Waals surface area (Å²) < 4.78 is 27.6. The van der Waals surface area contributed by atoms with Crippen LogP contribution in [0.5, 0.6) is 28.9 Å². The average molecular weight is 455 g/mol. The van der Waals surface area contributed by atoms with Crippen LogP contribution in [0.15, 0.2) is 46.9 Å². The van der Waals surface area contributed by atoms with Gasteiger partial charge in [-0.3, -0.25) is 4.79 Å². The molecule has 3 aromatic rings. The molecule has 3 rings (SSSR count). The molecule has 1 heterocycles. The highest BCUT2D eigenvalue weighted by Gasteiger charge is 2.20. The van der Waals surface area contributed by atoms with Crippen molar-refractivity contribution in [3.63, 3.8) is 0 Å². The minimum atomic E-state index is -0.475. The Kier molecular flexibility index (Phi) is 7.37. The molecule has 0 aliphatic carbocycles. The van der Waals surface area contributed by atoms with E-state index in [1.54, 1.807) is 24.3 Å². The van der Waals surface area contributed by atoms with Crippen LogP contribution in [0.1, 0.15) is 30.0 Å². The molecule has 1 amide bonds. The van der Waals surface area contributed by atoms with Gasteiger partial charge >= 0.3 is 0 Å². The van der Waals surface area contributed by atoms with Crippen molar-refractivity contribution < 1.29 is 28.2 Å². The Bertz CT molecular complexity index is 1100. The Hall–Kier alpha value is -3.81. The molecule has 0 bridgehead atoms. The number of anilines is 2. The highest BCUT2D eigenvalue weighted by atomic mass is 16.6. The summed E-state index contributed by atoms with van der Waals surface area (Å²) in [4.78, 5) is 15.0. The second-order valence-corrected chi connectivity index (χ2v) is 7.74. The zero-order chi connectivity index (χ0) is 24.1. The van der Waals surface area contributed by atoms with Gasteiger partial charge in [0.2, 0.25) is 0 Å². The van der Waals surface area contributed by atoms with Crippen LogP contribution >= 0.6 is 0 Å². The Morgan fingerprint density at radius 1 is 0.939 bits per heavy atom. The number of nitrogens with one attached hydrogen (secondary N) is 1. The standard InChI is InChI=1S/C25H30N2O6/c1-15(2)27(4)17-9-8-16(3)20(12-17)33-23-11-10-19(32-23)25(28)26-24-21(30-6)13-18(29-5)14-22(24)31-7/h8-15H,1-7H3,(H,26,28). The number of carbonyl (C=O) groups excluding carboxylic acids is 1. The first-order valence-corrected chi connectivity index (χ1v) is 10.5. The summed E-state index contributed by atoms with van der Waals surface area (Å²) in [5.41, 5.74) is 2.34. The molecule has 0 atom stereocenters. The van der Waals surface area contributed by atoms with Crippen LogP contribution in [0.3, 0.4) is 0 Å². The van der Waals surface area contributed by atoms with Crippen molar-refractivity contribution in [3.8, 4) is 28.9 Å². The predicted octanol–water partition coefficient (Wildman–Crippen LogP) is 5.50. The summed E-state index contributed by atoms with van der Waals surface area (Å²) in [5, 5.41) is 2.77. The Morgan fingerprint density at radius 2 is 1.61 bits per heavy atom. The first-order chi connectivity index (χ1) is 15.8. The van der Waals surface area contributed by atoms with E-state index in [4.69, 9.17) is 23.4 Å². The maximum atomic E-state index is 12.8. The van der Waals surface area contributed by atoms with Crippen LogP contribution in [0.25, 0.3) is 0 Å². The maximum absolute atomic E-state index is 12.8. The number of carbonyl (C=O) groups is 1. The van der Waals surface area contributed by atoms with Gasteiger partial charge in [-0.15, -0.1) is 0 Å². The normalized spacial score (nSPS) is 10.7. The molecule has 0 saturated carbocycles. The lowest BCUT2D eigenvalue weighted by Gasteiger charge is -2.24. The second-order valence-electron chi connectivity index (χ2n) is 7.74. The first kappa shape index (κ1) is 23.8. The van der Waals surface area contributed by atoms with Gasteiger partial charge in [0, 0.05) is 43.0 Å². The van der Waals surface area contributed by atoms with E-state index in [-0.39, 0.29) is 11.7 Å². The topological polar surface area (TPSA) is 82.4 Å². The molecule has 2 aromatic carbocycles. The summed E-state index contributed by atoms with van der Waals surface area (Å²) in [6, 6.07) is 12.8. The number of methoxy groups -OCH3 is 3. The van der Waals surface area contributed by atoms with E-state index < -0.39 is 5.91 Å². The summed E-state index contributed by atoms with van der Waals surface area (Å²) >= 11 is 0. The van der Waals surface area contributed by atoms with Gasteiger partial charge < -0.3 is 33.6 Å². The lowest BCUT2D eigenvalue weighted by Crippen LogP contribution is -2.25. The highest BCUT2D eigenvalue weighted by Crippen LogP contribution is 2.39. The van der Waals surface area contributed by atoms with E-state index in [0.717, 1.165) is 11.3 Å². The number of rotatable bonds is 9. The van der Waals surface area contributed by atoms with E-state index in [9.17, 15) is 4.79 Å². The van der Waals surface area contributed by atoms with E-state index in [2.05, 4.69) is 24.1 Å². The lowest BCUT2D eigenvalue weighted by atomic mass is 10.2.